The van der Waals surface area contributed by atoms with Crippen LogP contribution in [0.4, 0.5) is 4.39 Å². The van der Waals surface area contributed by atoms with Crippen molar-refractivity contribution in [2.45, 2.75) is 70.6 Å². The summed E-state index contributed by atoms with van der Waals surface area (Å²) < 4.78 is 14.0. The first kappa shape index (κ1) is 23.0. The predicted octanol–water partition coefficient (Wildman–Crippen LogP) is 7.18. The Morgan fingerprint density at radius 3 is 2.32 bits per heavy atom. The number of halogens is 1. The van der Waals surface area contributed by atoms with E-state index >= 15 is 0 Å². The molecule has 3 heteroatoms. The summed E-state index contributed by atoms with van der Waals surface area (Å²) >= 11 is 1.78. The molecule has 0 aliphatic rings. The van der Waals surface area contributed by atoms with Crippen LogP contribution in [0.15, 0.2) is 47.4 Å². The van der Waals surface area contributed by atoms with E-state index < -0.39 is 0 Å². The Labute approximate surface area is 174 Å². The van der Waals surface area contributed by atoms with Crippen LogP contribution in [0.1, 0.15) is 69.1 Å². The summed E-state index contributed by atoms with van der Waals surface area (Å²) in [5.74, 6) is 0.702. The number of hydrogen-bond donors (Lipinski definition) is 1. The van der Waals surface area contributed by atoms with E-state index in [1.807, 2.05) is 6.07 Å². The molecule has 1 nitrogen and oxygen atoms in total. The summed E-state index contributed by atoms with van der Waals surface area (Å²) in [7, 11) is 0. The fourth-order valence-electron chi connectivity index (χ4n) is 3.68. The van der Waals surface area contributed by atoms with Gasteiger partial charge in [-0.15, -0.1) is 11.8 Å². The van der Waals surface area contributed by atoms with Crippen molar-refractivity contribution in [3.63, 3.8) is 0 Å². The molecule has 28 heavy (non-hydrogen) atoms. The number of aliphatic hydroxyl groups is 1. The summed E-state index contributed by atoms with van der Waals surface area (Å²) in [4.78, 5) is 1.13. The maximum absolute atomic E-state index is 14.0. The van der Waals surface area contributed by atoms with Gasteiger partial charge in [0.15, 0.2) is 0 Å². The lowest BCUT2D eigenvalue weighted by molar-refractivity contribution is 0.122. The molecular weight excluding hydrogens is 367 g/mol. The molecule has 0 atom stereocenters. The summed E-state index contributed by atoms with van der Waals surface area (Å²) in [5.41, 5.74) is 3.43. The van der Waals surface area contributed by atoms with Gasteiger partial charge in [-0.05, 0) is 55.5 Å². The zero-order valence-electron chi connectivity index (χ0n) is 17.6. The minimum absolute atomic E-state index is 0.0360. The Bertz CT molecular complexity index is 720. The number of aliphatic hydroxyl groups excluding tert-OH is 1. The molecule has 0 spiro atoms. The fourth-order valence-corrected chi connectivity index (χ4v) is 5.00. The molecular formula is C25H35FOS. The third kappa shape index (κ3) is 6.93. The maximum atomic E-state index is 14.0. The lowest BCUT2D eigenvalue weighted by Gasteiger charge is -2.32. The largest absolute Gasteiger partial charge is 0.396 e. The third-order valence-electron chi connectivity index (χ3n) is 5.49. The van der Waals surface area contributed by atoms with Crippen LogP contribution in [-0.2, 0) is 6.42 Å². The second-order valence-corrected chi connectivity index (χ2v) is 9.09. The molecule has 0 aromatic heterocycles. The van der Waals surface area contributed by atoms with Crippen molar-refractivity contribution in [1.29, 1.82) is 0 Å². The van der Waals surface area contributed by atoms with Crippen molar-refractivity contribution < 1.29 is 9.50 Å². The van der Waals surface area contributed by atoms with Gasteiger partial charge in [-0.2, -0.15) is 0 Å². The van der Waals surface area contributed by atoms with Crippen LogP contribution in [0, 0.1) is 18.2 Å². The lowest BCUT2D eigenvalue weighted by Crippen LogP contribution is -2.28. The van der Waals surface area contributed by atoms with E-state index in [4.69, 9.17) is 0 Å². The van der Waals surface area contributed by atoms with Crippen molar-refractivity contribution in [3.8, 4) is 0 Å². The molecule has 0 unspecified atom stereocenters. The molecule has 2 rings (SSSR count). The van der Waals surface area contributed by atoms with E-state index in [1.165, 1.54) is 11.1 Å². The Morgan fingerprint density at radius 1 is 1.00 bits per heavy atom. The van der Waals surface area contributed by atoms with Crippen molar-refractivity contribution in [3.05, 3.63) is 65.0 Å². The van der Waals surface area contributed by atoms with E-state index in [9.17, 15) is 9.50 Å². The van der Waals surface area contributed by atoms with Crippen molar-refractivity contribution in [2.75, 3.05) is 12.4 Å². The van der Waals surface area contributed by atoms with E-state index in [0.29, 0.717) is 0 Å². The van der Waals surface area contributed by atoms with Crippen LogP contribution in [0.5, 0.6) is 0 Å². The van der Waals surface area contributed by atoms with Crippen molar-refractivity contribution >= 4 is 11.8 Å². The van der Waals surface area contributed by atoms with Crippen LogP contribution in [0.2, 0.25) is 0 Å². The number of aryl methyl sites for hydroxylation is 1. The zero-order valence-corrected chi connectivity index (χ0v) is 18.5. The molecule has 2 aromatic rings. The Hall–Kier alpha value is -1.32. The highest BCUT2D eigenvalue weighted by Gasteiger charge is 2.28. The Morgan fingerprint density at radius 2 is 1.71 bits per heavy atom. The number of rotatable bonds is 12. The average molecular weight is 403 g/mol. The molecule has 1 N–H and O–H groups in total. The van der Waals surface area contributed by atoms with Gasteiger partial charge < -0.3 is 5.11 Å². The summed E-state index contributed by atoms with van der Waals surface area (Å²) in [6.07, 6.45) is 7.43. The van der Waals surface area contributed by atoms with Crippen LogP contribution < -0.4 is 0 Å². The second kappa shape index (κ2) is 11.6. The molecule has 0 saturated heterocycles. The van der Waals surface area contributed by atoms with Crippen LogP contribution in [-0.4, -0.2) is 17.5 Å². The number of hydrogen-bond acceptors (Lipinski definition) is 2. The monoisotopic (exact) mass is 402 g/mol. The zero-order chi connectivity index (χ0) is 20.4. The molecule has 2 aromatic carbocycles. The minimum Gasteiger partial charge on any atom is -0.396 e. The molecule has 0 bridgehead atoms. The van der Waals surface area contributed by atoms with Crippen LogP contribution in [0.25, 0.3) is 0 Å². The van der Waals surface area contributed by atoms with Gasteiger partial charge >= 0.3 is 0 Å². The normalized spacial score (nSPS) is 11.8. The van der Waals surface area contributed by atoms with Crippen LogP contribution in [0.3, 0.4) is 0 Å². The highest BCUT2D eigenvalue weighted by molar-refractivity contribution is 7.99. The Kier molecular flexibility index (Phi) is 9.53. The highest BCUT2D eigenvalue weighted by Crippen LogP contribution is 2.38. The average Bonchev–Trinajstić information content (AvgIpc) is 2.69. The van der Waals surface area contributed by atoms with E-state index in [0.717, 1.165) is 61.2 Å². The lowest BCUT2D eigenvalue weighted by atomic mass is 9.81. The van der Waals surface area contributed by atoms with E-state index in [2.05, 4.69) is 45.0 Å². The molecule has 0 amide bonds. The predicted molar refractivity (Wildman–Crippen MR) is 120 cm³/mol. The summed E-state index contributed by atoms with van der Waals surface area (Å²) in [6, 6.07) is 13.6. The quantitative estimate of drug-likeness (QED) is 0.380. The van der Waals surface area contributed by atoms with Gasteiger partial charge in [0.1, 0.15) is 5.82 Å². The van der Waals surface area contributed by atoms with Gasteiger partial charge in [0.2, 0.25) is 0 Å². The third-order valence-corrected chi connectivity index (χ3v) is 6.96. The van der Waals surface area contributed by atoms with Gasteiger partial charge in [0, 0.05) is 22.7 Å². The Balaban J connectivity index is 2.19. The highest BCUT2D eigenvalue weighted by atomic mass is 32.2. The van der Waals surface area contributed by atoms with Gasteiger partial charge in [-0.25, -0.2) is 4.39 Å². The fraction of sp³-hybridized carbons (Fsp3) is 0.520. The first-order chi connectivity index (χ1) is 13.5. The van der Waals surface area contributed by atoms with E-state index in [1.54, 1.807) is 23.9 Å². The molecule has 0 aliphatic carbocycles. The van der Waals surface area contributed by atoms with Crippen LogP contribution >= 0.6 is 11.8 Å². The van der Waals surface area contributed by atoms with Gasteiger partial charge in [0.05, 0.1) is 0 Å². The van der Waals surface area contributed by atoms with E-state index in [-0.39, 0.29) is 17.8 Å². The maximum Gasteiger partial charge on any atom is 0.123 e. The SMILES string of the molecule is CCCCC(CO)(CCCC)CSc1ccc(F)cc1Cc1cccc(C)c1. The van der Waals surface area contributed by atoms with Gasteiger partial charge in [-0.1, -0.05) is 69.4 Å². The molecule has 0 aliphatic heterocycles. The van der Waals surface area contributed by atoms with Gasteiger partial charge in [-0.3, -0.25) is 0 Å². The van der Waals surface area contributed by atoms with Crippen molar-refractivity contribution in [1.82, 2.24) is 0 Å². The first-order valence-electron chi connectivity index (χ1n) is 10.6. The molecule has 0 saturated carbocycles. The van der Waals surface area contributed by atoms with Gasteiger partial charge in [0.25, 0.3) is 0 Å². The molecule has 0 radical (unpaired) electrons. The number of thioether (sulfide) groups is 1. The second-order valence-electron chi connectivity index (χ2n) is 8.07. The van der Waals surface area contributed by atoms with Crippen molar-refractivity contribution in [2.24, 2.45) is 5.41 Å². The number of benzene rings is 2. The first-order valence-corrected chi connectivity index (χ1v) is 11.6. The minimum atomic E-state index is -0.183. The number of unbranched alkanes of at least 4 members (excludes halogenated alkanes) is 2. The molecule has 0 fully saturated rings. The molecule has 0 heterocycles. The summed E-state index contributed by atoms with van der Waals surface area (Å²) in [6.45, 7) is 6.72. The summed E-state index contributed by atoms with van der Waals surface area (Å²) in [5, 5.41) is 10.2. The standard InChI is InChI=1S/C25H35FOS/c1-4-6-13-25(18-27,14-7-5-2)19-28-24-12-11-23(26)17-22(24)16-21-10-8-9-20(3)15-21/h8-12,15,17,27H,4-7,13-14,16,18-19H2,1-3H3. The smallest absolute Gasteiger partial charge is 0.123 e. The topological polar surface area (TPSA) is 20.2 Å². The molecule has 154 valence electrons.